The van der Waals surface area contributed by atoms with Crippen molar-refractivity contribution in [3.05, 3.63) is 30.0 Å². The van der Waals surface area contributed by atoms with Gasteiger partial charge in [-0.05, 0) is 75.0 Å². The Morgan fingerprint density at radius 3 is 2.46 bits per heavy atom. The molecular weight excluding hydrogens is 606 g/mol. The molecule has 0 bridgehead atoms. The van der Waals surface area contributed by atoms with Gasteiger partial charge in [0.05, 0.1) is 19.0 Å². The summed E-state index contributed by atoms with van der Waals surface area (Å²) in [6, 6.07) is 5.88. The van der Waals surface area contributed by atoms with Crippen molar-refractivity contribution in [3.8, 4) is 5.75 Å². The van der Waals surface area contributed by atoms with Gasteiger partial charge < -0.3 is 25.2 Å². The number of likely N-dealkylation sites (N-methyl/N-ethyl adjacent to an activating group) is 1. The van der Waals surface area contributed by atoms with Crippen LogP contribution in [0.1, 0.15) is 76.1 Å². The Bertz CT molecular complexity index is 1430. The lowest BCUT2D eigenvalue weighted by Gasteiger charge is -2.44. The van der Waals surface area contributed by atoms with Crippen LogP contribution >= 0.6 is 0 Å². The maximum Gasteiger partial charge on any atom is 0.251 e. The van der Waals surface area contributed by atoms with Gasteiger partial charge in [0.1, 0.15) is 17.5 Å². The van der Waals surface area contributed by atoms with Gasteiger partial charge in [0.25, 0.3) is 11.8 Å². The molecule has 1 unspecified atom stereocenters. The molecule has 2 aromatic rings. The molecule has 3 fully saturated rings. The van der Waals surface area contributed by atoms with Gasteiger partial charge >= 0.3 is 0 Å². The zero-order chi connectivity index (χ0) is 33.9. The van der Waals surface area contributed by atoms with Crippen molar-refractivity contribution in [2.45, 2.75) is 83.8 Å². The number of hydrazine groups is 1. The SMILES string of the molecule is CCC1C(=O)N(C)c2cnc(Nc3ccc(C(=O)N[C@H]4CC[C@H](N5CCN(CC6CC6)CC5)CC4)cc3OC)nc2N1N(C)CC(C)C. The van der Waals surface area contributed by atoms with Crippen LogP contribution in [0.3, 0.4) is 0 Å². The Kier molecular flexibility index (Phi) is 10.7. The minimum atomic E-state index is -0.358. The highest BCUT2D eigenvalue weighted by molar-refractivity contribution is 6.04. The molecule has 262 valence electrons. The summed E-state index contributed by atoms with van der Waals surface area (Å²) in [5.74, 6) is 2.89. The van der Waals surface area contributed by atoms with Crippen molar-refractivity contribution in [1.29, 1.82) is 0 Å². The number of nitrogens with zero attached hydrogens (tertiary/aromatic N) is 7. The van der Waals surface area contributed by atoms with Gasteiger partial charge in [-0.3, -0.25) is 19.5 Å². The molecule has 1 aromatic carbocycles. The van der Waals surface area contributed by atoms with Crippen LogP contribution in [0.15, 0.2) is 24.4 Å². The fourth-order valence-electron chi connectivity index (χ4n) is 7.68. The van der Waals surface area contributed by atoms with Gasteiger partial charge in [-0.1, -0.05) is 20.8 Å². The zero-order valence-electron chi connectivity index (χ0n) is 29.7. The van der Waals surface area contributed by atoms with E-state index in [9.17, 15) is 9.59 Å². The van der Waals surface area contributed by atoms with E-state index in [1.165, 1.54) is 45.6 Å². The average molecular weight is 662 g/mol. The molecule has 0 spiro atoms. The number of carbonyl (C=O) groups excluding carboxylic acids is 2. The molecule has 2 aliphatic carbocycles. The maximum atomic E-state index is 13.3. The lowest BCUT2D eigenvalue weighted by molar-refractivity contribution is -0.120. The summed E-state index contributed by atoms with van der Waals surface area (Å²) in [7, 11) is 5.37. The number of aromatic nitrogens is 2. The second-order valence-corrected chi connectivity index (χ2v) is 14.6. The smallest absolute Gasteiger partial charge is 0.251 e. The Morgan fingerprint density at radius 1 is 1.08 bits per heavy atom. The molecule has 4 aliphatic rings. The first kappa shape index (κ1) is 34.4. The predicted octanol–water partition coefficient (Wildman–Crippen LogP) is 4.36. The van der Waals surface area contributed by atoms with Crippen molar-refractivity contribution < 1.29 is 14.3 Å². The van der Waals surface area contributed by atoms with E-state index < -0.39 is 0 Å². The van der Waals surface area contributed by atoms with Crippen molar-refractivity contribution in [2.75, 3.05) is 75.7 Å². The third-order valence-electron chi connectivity index (χ3n) is 10.5. The lowest BCUT2D eigenvalue weighted by atomic mass is 9.89. The largest absolute Gasteiger partial charge is 0.495 e. The number of hydrogen-bond acceptors (Lipinski definition) is 10. The third-order valence-corrected chi connectivity index (χ3v) is 10.5. The summed E-state index contributed by atoms with van der Waals surface area (Å²) in [5.41, 5.74) is 1.87. The van der Waals surface area contributed by atoms with Crippen LogP contribution in [-0.4, -0.2) is 115 Å². The first-order valence-corrected chi connectivity index (χ1v) is 18.0. The van der Waals surface area contributed by atoms with Crippen molar-refractivity contribution in [3.63, 3.8) is 0 Å². The summed E-state index contributed by atoms with van der Waals surface area (Å²) >= 11 is 0. The van der Waals surface area contributed by atoms with Gasteiger partial charge in [-0.25, -0.2) is 9.99 Å². The molecular formula is C36H55N9O3. The molecule has 12 nitrogen and oxygen atoms in total. The van der Waals surface area contributed by atoms with Gasteiger partial charge in [0.2, 0.25) is 5.95 Å². The minimum absolute atomic E-state index is 0.0194. The van der Waals surface area contributed by atoms with E-state index in [4.69, 9.17) is 9.72 Å². The Balaban J connectivity index is 1.08. The first-order valence-electron chi connectivity index (χ1n) is 18.0. The molecule has 0 radical (unpaired) electrons. The summed E-state index contributed by atoms with van der Waals surface area (Å²) < 4.78 is 5.71. The minimum Gasteiger partial charge on any atom is -0.495 e. The molecule has 1 aromatic heterocycles. The third kappa shape index (κ3) is 7.71. The summed E-state index contributed by atoms with van der Waals surface area (Å²) in [4.78, 5) is 43.0. The van der Waals surface area contributed by atoms with Gasteiger partial charge in [0, 0.05) is 71.0 Å². The van der Waals surface area contributed by atoms with Crippen LogP contribution < -0.4 is 25.3 Å². The standard InChI is InChI=1S/C36H55N9O3/c1-7-30-35(47)42(5)31-21-37-36(40-33(31)45(30)41(4)22-24(2)3)39-29-15-10-26(20-32(29)48-6)34(46)38-27-11-13-28(14-12-27)44-18-16-43(17-19-44)23-25-8-9-25/h10,15,20-21,24-25,27-28,30H,7-9,11-14,16-19,22-23H2,1-6H3,(H,38,46)(H,37,39,40)/t27-,28-,30?. The second kappa shape index (κ2) is 15.0. The average Bonchev–Trinajstić information content (AvgIpc) is 3.90. The number of carbonyl (C=O) groups is 2. The van der Waals surface area contributed by atoms with Gasteiger partial charge in [0.15, 0.2) is 5.82 Å². The molecule has 2 amide bonds. The van der Waals surface area contributed by atoms with Gasteiger partial charge in [-0.15, -0.1) is 0 Å². The molecule has 6 rings (SSSR count). The highest BCUT2D eigenvalue weighted by Crippen LogP contribution is 2.37. The number of rotatable bonds is 12. The Morgan fingerprint density at radius 2 is 1.81 bits per heavy atom. The number of fused-ring (bicyclic) bond motifs is 1. The van der Waals surface area contributed by atoms with Crippen LogP contribution in [0.2, 0.25) is 0 Å². The van der Waals surface area contributed by atoms with Crippen molar-refractivity contribution in [2.24, 2.45) is 11.8 Å². The summed E-state index contributed by atoms with van der Waals surface area (Å²) in [6.07, 6.45) is 9.46. The second-order valence-electron chi connectivity index (χ2n) is 14.6. The van der Waals surface area contributed by atoms with E-state index >= 15 is 0 Å². The van der Waals surface area contributed by atoms with Crippen molar-refractivity contribution in [1.82, 2.24) is 30.1 Å². The van der Waals surface area contributed by atoms with Crippen LogP contribution in [0.25, 0.3) is 0 Å². The van der Waals surface area contributed by atoms with Crippen LogP contribution in [0, 0.1) is 11.8 Å². The van der Waals surface area contributed by atoms with E-state index in [0.717, 1.165) is 38.1 Å². The number of benzene rings is 1. The van der Waals surface area contributed by atoms with E-state index in [-0.39, 0.29) is 23.9 Å². The number of nitrogens with one attached hydrogen (secondary N) is 2. The van der Waals surface area contributed by atoms with Crippen molar-refractivity contribution >= 4 is 35.0 Å². The zero-order valence-corrected chi connectivity index (χ0v) is 29.7. The van der Waals surface area contributed by atoms with Crippen LogP contribution in [0.4, 0.5) is 23.1 Å². The molecule has 1 saturated heterocycles. The molecule has 1 atom stereocenters. The highest BCUT2D eigenvalue weighted by atomic mass is 16.5. The number of hydrogen-bond donors (Lipinski definition) is 2. The van der Waals surface area contributed by atoms with E-state index in [1.807, 2.05) is 31.1 Å². The monoisotopic (exact) mass is 661 g/mol. The Hall–Kier alpha value is -3.48. The topological polar surface area (TPSA) is 109 Å². The van der Waals surface area contributed by atoms with Gasteiger partial charge in [-0.2, -0.15) is 4.98 Å². The Labute approximate surface area is 286 Å². The fourth-order valence-corrected chi connectivity index (χ4v) is 7.68. The van der Waals surface area contributed by atoms with Crippen LogP contribution in [-0.2, 0) is 4.79 Å². The van der Waals surface area contributed by atoms with E-state index in [2.05, 4.69) is 44.3 Å². The highest BCUT2D eigenvalue weighted by Gasteiger charge is 2.39. The lowest BCUT2D eigenvalue weighted by Crippen LogP contribution is -2.58. The van der Waals surface area contributed by atoms with E-state index in [0.29, 0.717) is 52.8 Å². The summed E-state index contributed by atoms with van der Waals surface area (Å²) in [6.45, 7) is 13.1. The molecule has 2 aliphatic heterocycles. The fraction of sp³-hybridized carbons (Fsp3) is 0.667. The molecule has 12 heteroatoms. The molecule has 3 heterocycles. The normalized spacial score (nSPS) is 23.8. The maximum absolute atomic E-state index is 13.3. The molecule has 2 N–H and O–H groups in total. The number of amides is 2. The number of ether oxygens (including phenoxy) is 1. The summed E-state index contributed by atoms with van der Waals surface area (Å²) in [5, 5.41) is 10.7. The quantitative estimate of drug-likeness (QED) is 0.341. The number of methoxy groups -OCH3 is 1. The van der Waals surface area contributed by atoms with Crippen LogP contribution in [0.5, 0.6) is 5.75 Å². The number of piperazine rings is 1. The molecule has 2 saturated carbocycles. The molecule has 48 heavy (non-hydrogen) atoms. The number of anilines is 4. The predicted molar refractivity (Wildman–Crippen MR) is 190 cm³/mol. The first-order chi connectivity index (χ1) is 23.1. The van der Waals surface area contributed by atoms with E-state index in [1.54, 1.807) is 31.3 Å².